The standard InChI is InChI=1S/C31H33N5O6/c1-19-23(33-27(38)26(41-20(2)37)21-11-7-6-8-12-21)14-15-24-25(19)28(39)42-30(34-24)35-31(3,4)29(40)36(5)18-16-22-13-9-10-17-32-22/h6-15,17,26H,16,18H2,1-5H3,(H,33,38)(H,34,35). The molecule has 2 heterocycles. The Morgan fingerprint density at radius 2 is 1.76 bits per heavy atom. The quantitative estimate of drug-likeness (QED) is 0.270. The van der Waals surface area contributed by atoms with Gasteiger partial charge in [0, 0.05) is 50.1 Å². The van der Waals surface area contributed by atoms with Crippen LogP contribution in [0, 0.1) is 6.92 Å². The summed E-state index contributed by atoms with van der Waals surface area (Å²) >= 11 is 0. The zero-order valence-corrected chi connectivity index (χ0v) is 24.1. The zero-order chi connectivity index (χ0) is 30.4. The molecule has 4 aromatic rings. The molecule has 42 heavy (non-hydrogen) atoms. The first-order valence-corrected chi connectivity index (χ1v) is 13.4. The fraction of sp³-hybridized carbons (Fsp3) is 0.290. The van der Waals surface area contributed by atoms with Crippen molar-refractivity contribution in [1.82, 2.24) is 14.9 Å². The smallest absolute Gasteiger partial charge is 0.348 e. The molecule has 0 saturated carbocycles. The van der Waals surface area contributed by atoms with Gasteiger partial charge in [0.1, 0.15) is 5.54 Å². The molecule has 0 fully saturated rings. The van der Waals surface area contributed by atoms with Crippen molar-refractivity contribution in [3.63, 3.8) is 0 Å². The largest absolute Gasteiger partial charge is 0.447 e. The SMILES string of the molecule is CC(=O)OC(C(=O)Nc1ccc2nc(NC(C)(C)C(=O)N(C)CCc3ccccn3)oc(=O)c2c1C)c1ccccc1. The highest BCUT2D eigenvalue weighted by Crippen LogP contribution is 2.26. The minimum absolute atomic E-state index is 0.112. The molecule has 0 saturated heterocycles. The van der Waals surface area contributed by atoms with Crippen molar-refractivity contribution < 1.29 is 23.5 Å². The van der Waals surface area contributed by atoms with Crippen molar-refractivity contribution in [3.05, 3.63) is 94.1 Å². The second-order valence-electron chi connectivity index (χ2n) is 10.4. The maximum atomic E-state index is 13.2. The molecule has 0 aliphatic rings. The molecule has 2 amide bonds. The van der Waals surface area contributed by atoms with Crippen LogP contribution in [0.2, 0.25) is 0 Å². The average Bonchev–Trinajstić information content (AvgIpc) is 2.96. The van der Waals surface area contributed by atoms with Crippen LogP contribution in [0.1, 0.15) is 43.7 Å². The second kappa shape index (κ2) is 12.6. The predicted molar refractivity (Wildman–Crippen MR) is 158 cm³/mol. The fourth-order valence-corrected chi connectivity index (χ4v) is 4.50. The summed E-state index contributed by atoms with van der Waals surface area (Å²) < 4.78 is 10.7. The van der Waals surface area contributed by atoms with Crippen molar-refractivity contribution in [2.75, 3.05) is 24.2 Å². The lowest BCUT2D eigenvalue weighted by Gasteiger charge is -2.30. The molecule has 0 aliphatic carbocycles. The summed E-state index contributed by atoms with van der Waals surface area (Å²) in [6.07, 6.45) is 1.12. The van der Waals surface area contributed by atoms with Crippen molar-refractivity contribution in [3.8, 4) is 0 Å². The molecule has 0 aliphatic heterocycles. The van der Waals surface area contributed by atoms with E-state index in [0.29, 0.717) is 35.3 Å². The van der Waals surface area contributed by atoms with E-state index in [2.05, 4.69) is 20.6 Å². The van der Waals surface area contributed by atoms with Crippen molar-refractivity contribution in [2.45, 2.75) is 45.8 Å². The number of anilines is 2. The first kappa shape index (κ1) is 29.9. The highest BCUT2D eigenvalue weighted by atomic mass is 16.5. The molecule has 0 radical (unpaired) electrons. The number of carbonyl (C=O) groups excluding carboxylic acids is 3. The van der Waals surface area contributed by atoms with Gasteiger partial charge < -0.3 is 24.7 Å². The van der Waals surface area contributed by atoms with E-state index < -0.39 is 29.1 Å². The molecule has 218 valence electrons. The van der Waals surface area contributed by atoms with Crippen LogP contribution in [-0.2, 0) is 25.5 Å². The summed E-state index contributed by atoms with van der Waals surface area (Å²) in [7, 11) is 1.70. The molecule has 1 unspecified atom stereocenters. The molecule has 2 N–H and O–H groups in total. The Labute approximate surface area is 242 Å². The number of likely N-dealkylation sites (N-methyl/N-ethyl adjacent to an activating group) is 1. The Bertz CT molecular complexity index is 1650. The normalized spacial score (nSPS) is 11.9. The molecular weight excluding hydrogens is 538 g/mol. The number of rotatable bonds is 10. The van der Waals surface area contributed by atoms with Crippen LogP contribution in [-0.4, -0.2) is 51.8 Å². The third-order valence-corrected chi connectivity index (χ3v) is 6.67. The van der Waals surface area contributed by atoms with E-state index >= 15 is 0 Å². The van der Waals surface area contributed by atoms with E-state index in [-0.39, 0.29) is 17.3 Å². The van der Waals surface area contributed by atoms with Gasteiger partial charge in [-0.05, 0) is 50.6 Å². The lowest BCUT2D eigenvalue weighted by molar-refractivity contribution is -0.152. The summed E-state index contributed by atoms with van der Waals surface area (Å²) in [6, 6.07) is 17.3. The van der Waals surface area contributed by atoms with E-state index in [1.54, 1.807) is 81.4 Å². The van der Waals surface area contributed by atoms with E-state index in [0.717, 1.165) is 5.69 Å². The highest BCUT2D eigenvalue weighted by Gasteiger charge is 2.32. The summed E-state index contributed by atoms with van der Waals surface area (Å²) in [5.74, 6) is -1.42. The lowest BCUT2D eigenvalue weighted by Crippen LogP contribution is -2.49. The minimum Gasteiger partial charge on any atom is -0.447 e. The van der Waals surface area contributed by atoms with Crippen LogP contribution >= 0.6 is 0 Å². The highest BCUT2D eigenvalue weighted by molar-refractivity contribution is 5.99. The van der Waals surface area contributed by atoms with Gasteiger partial charge in [-0.15, -0.1) is 0 Å². The average molecular weight is 572 g/mol. The van der Waals surface area contributed by atoms with Gasteiger partial charge in [-0.3, -0.25) is 19.4 Å². The molecule has 2 aromatic carbocycles. The third kappa shape index (κ3) is 6.98. The van der Waals surface area contributed by atoms with E-state index in [1.165, 1.54) is 6.92 Å². The maximum absolute atomic E-state index is 13.2. The molecule has 1 atom stereocenters. The monoisotopic (exact) mass is 571 g/mol. The van der Waals surface area contributed by atoms with Gasteiger partial charge in [0.05, 0.1) is 10.9 Å². The number of esters is 1. The van der Waals surface area contributed by atoms with E-state index in [1.807, 2.05) is 18.2 Å². The van der Waals surface area contributed by atoms with Gasteiger partial charge in [-0.2, -0.15) is 4.98 Å². The molecule has 0 bridgehead atoms. The number of benzene rings is 2. The van der Waals surface area contributed by atoms with Crippen LogP contribution in [0.3, 0.4) is 0 Å². The zero-order valence-electron chi connectivity index (χ0n) is 24.1. The number of pyridine rings is 1. The van der Waals surface area contributed by atoms with Crippen LogP contribution in [0.15, 0.2) is 76.1 Å². The second-order valence-corrected chi connectivity index (χ2v) is 10.4. The lowest BCUT2D eigenvalue weighted by atomic mass is 10.0. The number of carbonyl (C=O) groups is 3. The van der Waals surface area contributed by atoms with Crippen LogP contribution in [0.4, 0.5) is 11.7 Å². The van der Waals surface area contributed by atoms with Gasteiger partial charge >= 0.3 is 11.6 Å². The van der Waals surface area contributed by atoms with Crippen molar-refractivity contribution in [1.29, 1.82) is 0 Å². The molecule has 4 rings (SSSR count). The van der Waals surface area contributed by atoms with Crippen molar-refractivity contribution in [2.24, 2.45) is 0 Å². The van der Waals surface area contributed by atoms with Gasteiger partial charge in [-0.25, -0.2) is 4.79 Å². The van der Waals surface area contributed by atoms with Crippen LogP contribution in [0.5, 0.6) is 0 Å². The molecule has 11 heteroatoms. The Kier molecular flexibility index (Phi) is 8.99. The third-order valence-electron chi connectivity index (χ3n) is 6.67. The van der Waals surface area contributed by atoms with Crippen LogP contribution in [0.25, 0.3) is 10.9 Å². The molecule has 11 nitrogen and oxygen atoms in total. The number of nitrogens with zero attached hydrogens (tertiary/aromatic N) is 3. The number of fused-ring (bicyclic) bond motifs is 1. The number of aromatic nitrogens is 2. The van der Waals surface area contributed by atoms with Gasteiger partial charge in [0.2, 0.25) is 12.0 Å². The summed E-state index contributed by atoms with van der Waals surface area (Å²) in [5.41, 5.74) is 0.617. The topological polar surface area (TPSA) is 144 Å². The first-order chi connectivity index (χ1) is 20.0. The number of ether oxygens (including phenoxy) is 1. The molecule has 2 aromatic heterocycles. The minimum atomic E-state index is -1.18. The van der Waals surface area contributed by atoms with E-state index in [4.69, 9.17) is 9.15 Å². The Hall–Kier alpha value is -5.06. The fourth-order valence-electron chi connectivity index (χ4n) is 4.50. The number of nitrogens with one attached hydrogen (secondary N) is 2. The van der Waals surface area contributed by atoms with Crippen LogP contribution < -0.4 is 16.3 Å². The summed E-state index contributed by atoms with van der Waals surface area (Å²) in [4.78, 5) is 61.4. The first-order valence-electron chi connectivity index (χ1n) is 13.4. The van der Waals surface area contributed by atoms with E-state index in [9.17, 15) is 19.2 Å². The summed E-state index contributed by atoms with van der Waals surface area (Å²) in [5, 5.41) is 5.85. The number of hydrogen-bond acceptors (Lipinski definition) is 9. The van der Waals surface area contributed by atoms with Crippen molar-refractivity contribution >= 4 is 40.4 Å². The number of hydrogen-bond donors (Lipinski definition) is 2. The van der Waals surface area contributed by atoms with Gasteiger partial charge in [0.15, 0.2) is 0 Å². The Morgan fingerprint density at radius 3 is 2.43 bits per heavy atom. The molecular formula is C31H33N5O6. The Morgan fingerprint density at radius 1 is 1.05 bits per heavy atom. The van der Waals surface area contributed by atoms with Gasteiger partial charge in [0.25, 0.3) is 11.9 Å². The molecule has 0 spiro atoms. The number of aryl methyl sites for hydroxylation is 1. The predicted octanol–water partition coefficient (Wildman–Crippen LogP) is 4.03. The van der Waals surface area contributed by atoms with Gasteiger partial charge in [-0.1, -0.05) is 36.4 Å². The maximum Gasteiger partial charge on any atom is 0.348 e. The number of amides is 2. The summed E-state index contributed by atoms with van der Waals surface area (Å²) in [6.45, 7) is 6.68. The Balaban J connectivity index is 1.52.